The Morgan fingerprint density at radius 2 is 2.04 bits per heavy atom. The summed E-state index contributed by atoms with van der Waals surface area (Å²) in [4.78, 5) is 13.6. The Labute approximate surface area is 146 Å². The average Bonchev–Trinajstić information content (AvgIpc) is 2.97. The molecule has 1 heterocycles. The van der Waals surface area contributed by atoms with Gasteiger partial charge in [-0.3, -0.25) is 9.69 Å². The predicted octanol–water partition coefficient (Wildman–Crippen LogP) is 1.30. The molecule has 0 radical (unpaired) electrons. The van der Waals surface area contributed by atoms with Gasteiger partial charge in [0.2, 0.25) is 5.91 Å². The van der Waals surface area contributed by atoms with E-state index in [1.54, 1.807) is 56.3 Å². The molecule has 25 heavy (non-hydrogen) atoms. The third-order valence-corrected chi connectivity index (χ3v) is 3.33. The predicted molar refractivity (Wildman–Crippen MR) is 91.9 cm³/mol. The van der Waals surface area contributed by atoms with Crippen LogP contribution in [0, 0.1) is 6.92 Å². The van der Waals surface area contributed by atoms with E-state index in [0.29, 0.717) is 23.9 Å². The van der Waals surface area contributed by atoms with Crippen LogP contribution in [0.5, 0.6) is 11.5 Å². The second-order valence-corrected chi connectivity index (χ2v) is 5.71. The van der Waals surface area contributed by atoms with E-state index in [1.807, 2.05) is 0 Å². The fraction of sp³-hybridized carbons (Fsp3) is 0.412. The van der Waals surface area contributed by atoms with E-state index in [1.165, 1.54) is 0 Å². The van der Waals surface area contributed by atoms with Crippen molar-refractivity contribution in [3.63, 3.8) is 0 Å². The van der Waals surface area contributed by atoms with Gasteiger partial charge >= 0.3 is 0 Å². The highest BCUT2D eigenvalue weighted by atomic mass is 16.5. The molecule has 0 spiro atoms. The standard InChI is InChI=1S/C17H23N3O5/c1-12-8-16(19-25-12)18-17(22)10-20(2)9-13(21)11-24-15-6-4-14(23-3)5-7-15/h4-8,13,21H,9-11H2,1-3H3,(H,18,19,22). The first-order chi connectivity index (χ1) is 12.0. The molecule has 0 saturated heterocycles. The molecular formula is C17H23N3O5. The summed E-state index contributed by atoms with van der Waals surface area (Å²) in [5.74, 6) is 2.13. The van der Waals surface area contributed by atoms with Crippen LogP contribution in [0.15, 0.2) is 34.9 Å². The largest absolute Gasteiger partial charge is 0.497 e. The lowest BCUT2D eigenvalue weighted by molar-refractivity contribution is -0.117. The van der Waals surface area contributed by atoms with E-state index < -0.39 is 6.10 Å². The number of hydrogen-bond acceptors (Lipinski definition) is 7. The van der Waals surface area contributed by atoms with E-state index >= 15 is 0 Å². The molecule has 1 aromatic carbocycles. The second kappa shape index (κ2) is 9.05. The van der Waals surface area contributed by atoms with Crippen LogP contribution >= 0.6 is 0 Å². The van der Waals surface area contributed by atoms with Gasteiger partial charge in [-0.1, -0.05) is 5.16 Å². The molecular weight excluding hydrogens is 326 g/mol. The minimum absolute atomic E-state index is 0.117. The number of anilines is 1. The highest BCUT2D eigenvalue weighted by Gasteiger charge is 2.13. The third kappa shape index (κ3) is 6.44. The van der Waals surface area contributed by atoms with Crippen LogP contribution in [0.25, 0.3) is 0 Å². The zero-order valence-electron chi connectivity index (χ0n) is 14.6. The molecule has 0 bridgehead atoms. The fourth-order valence-corrected chi connectivity index (χ4v) is 2.19. The minimum Gasteiger partial charge on any atom is -0.497 e. The molecule has 0 aliphatic heterocycles. The number of nitrogens with zero attached hydrogens (tertiary/aromatic N) is 2. The molecule has 8 nitrogen and oxygen atoms in total. The summed E-state index contributed by atoms with van der Waals surface area (Å²) in [6.07, 6.45) is -0.728. The van der Waals surface area contributed by atoms with Gasteiger partial charge in [0.25, 0.3) is 0 Å². The van der Waals surface area contributed by atoms with Crippen molar-refractivity contribution in [3.8, 4) is 11.5 Å². The lowest BCUT2D eigenvalue weighted by Crippen LogP contribution is -2.37. The van der Waals surface area contributed by atoms with Gasteiger partial charge in [-0.15, -0.1) is 0 Å². The van der Waals surface area contributed by atoms with Gasteiger partial charge in [0.05, 0.1) is 13.7 Å². The van der Waals surface area contributed by atoms with Crippen LogP contribution in [0.1, 0.15) is 5.76 Å². The van der Waals surface area contributed by atoms with Gasteiger partial charge < -0.3 is 24.4 Å². The number of hydrogen-bond donors (Lipinski definition) is 2. The summed E-state index contributed by atoms with van der Waals surface area (Å²) in [5, 5.41) is 16.4. The maximum Gasteiger partial charge on any atom is 0.239 e. The lowest BCUT2D eigenvalue weighted by atomic mass is 10.3. The highest BCUT2D eigenvalue weighted by Crippen LogP contribution is 2.17. The summed E-state index contributed by atoms with van der Waals surface area (Å²) in [6.45, 7) is 2.28. The number of benzene rings is 1. The maximum atomic E-state index is 11.9. The zero-order chi connectivity index (χ0) is 18.2. The van der Waals surface area contributed by atoms with Crippen molar-refractivity contribution in [3.05, 3.63) is 36.1 Å². The summed E-state index contributed by atoms with van der Waals surface area (Å²) >= 11 is 0. The van der Waals surface area contributed by atoms with Crippen molar-refractivity contribution in [1.82, 2.24) is 10.1 Å². The Balaban J connectivity index is 1.69. The molecule has 1 aromatic heterocycles. The van der Waals surface area contributed by atoms with Crippen LogP contribution in [0.3, 0.4) is 0 Å². The van der Waals surface area contributed by atoms with Crippen molar-refractivity contribution < 1.29 is 23.9 Å². The first-order valence-corrected chi connectivity index (χ1v) is 7.83. The molecule has 2 aromatic rings. The number of carbonyl (C=O) groups excluding carboxylic acids is 1. The molecule has 0 fully saturated rings. The molecule has 136 valence electrons. The van der Waals surface area contributed by atoms with Gasteiger partial charge in [-0.05, 0) is 38.2 Å². The Bertz CT molecular complexity index is 671. The van der Waals surface area contributed by atoms with Gasteiger partial charge in [0, 0.05) is 12.6 Å². The molecule has 1 unspecified atom stereocenters. The molecule has 1 amide bonds. The Hall–Kier alpha value is -2.58. The maximum absolute atomic E-state index is 11.9. The van der Waals surface area contributed by atoms with E-state index in [2.05, 4.69) is 10.5 Å². The van der Waals surface area contributed by atoms with Gasteiger partial charge in [0.15, 0.2) is 5.82 Å². The Kier molecular flexibility index (Phi) is 6.79. The lowest BCUT2D eigenvalue weighted by Gasteiger charge is -2.20. The second-order valence-electron chi connectivity index (χ2n) is 5.71. The molecule has 0 aliphatic carbocycles. The number of aryl methyl sites for hydroxylation is 1. The molecule has 0 saturated carbocycles. The van der Waals surface area contributed by atoms with Crippen molar-refractivity contribution in [1.29, 1.82) is 0 Å². The van der Waals surface area contributed by atoms with E-state index in [4.69, 9.17) is 14.0 Å². The number of methoxy groups -OCH3 is 1. The first kappa shape index (κ1) is 18.8. The number of aliphatic hydroxyl groups excluding tert-OH is 1. The number of likely N-dealkylation sites (N-methyl/N-ethyl adjacent to an activating group) is 1. The number of ether oxygens (including phenoxy) is 2. The smallest absolute Gasteiger partial charge is 0.239 e. The fourth-order valence-electron chi connectivity index (χ4n) is 2.19. The van der Waals surface area contributed by atoms with Gasteiger partial charge in [-0.25, -0.2) is 0 Å². The summed E-state index contributed by atoms with van der Waals surface area (Å²) in [5.41, 5.74) is 0. The summed E-state index contributed by atoms with van der Waals surface area (Å²) < 4.78 is 15.5. The quantitative estimate of drug-likeness (QED) is 0.704. The zero-order valence-corrected chi connectivity index (χ0v) is 14.6. The highest BCUT2D eigenvalue weighted by molar-refractivity contribution is 5.91. The van der Waals surface area contributed by atoms with Gasteiger partial charge in [-0.2, -0.15) is 0 Å². The number of aromatic nitrogens is 1. The Morgan fingerprint density at radius 1 is 1.36 bits per heavy atom. The van der Waals surface area contributed by atoms with E-state index in [-0.39, 0.29) is 19.1 Å². The number of carbonyl (C=O) groups is 1. The normalized spacial score (nSPS) is 12.0. The number of amides is 1. The summed E-state index contributed by atoms with van der Waals surface area (Å²) in [7, 11) is 3.33. The van der Waals surface area contributed by atoms with Crippen molar-refractivity contribution in [2.24, 2.45) is 0 Å². The van der Waals surface area contributed by atoms with Crippen LogP contribution in [0.2, 0.25) is 0 Å². The van der Waals surface area contributed by atoms with Crippen LogP contribution in [0.4, 0.5) is 5.82 Å². The molecule has 1 atom stereocenters. The number of nitrogens with one attached hydrogen (secondary N) is 1. The molecule has 0 aliphatic rings. The van der Waals surface area contributed by atoms with Crippen LogP contribution < -0.4 is 14.8 Å². The van der Waals surface area contributed by atoms with Crippen LogP contribution in [-0.4, -0.2) is 61.0 Å². The van der Waals surface area contributed by atoms with Gasteiger partial charge in [0.1, 0.15) is 30.0 Å². The number of rotatable bonds is 9. The third-order valence-electron chi connectivity index (χ3n) is 3.33. The molecule has 8 heteroatoms. The SMILES string of the molecule is COc1ccc(OCC(O)CN(C)CC(=O)Nc2cc(C)on2)cc1. The van der Waals surface area contributed by atoms with Crippen LogP contribution in [-0.2, 0) is 4.79 Å². The number of aliphatic hydroxyl groups is 1. The van der Waals surface area contributed by atoms with Crippen molar-refractivity contribution >= 4 is 11.7 Å². The minimum atomic E-state index is -0.728. The first-order valence-electron chi connectivity index (χ1n) is 7.83. The monoisotopic (exact) mass is 349 g/mol. The van der Waals surface area contributed by atoms with E-state index in [0.717, 1.165) is 5.75 Å². The topological polar surface area (TPSA) is 97.1 Å². The van der Waals surface area contributed by atoms with Crippen molar-refractivity contribution in [2.45, 2.75) is 13.0 Å². The summed E-state index contributed by atoms with van der Waals surface area (Å²) in [6, 6.07) is 8.73. The average molecular weight is 349 g/mol. The Morgan fingerprint density at radius 3 is 2.64 bits per heavy atom. The van der Waals surface area contributed by atoms with Crippen molar-refractivity contribution in [2.75, 3.05) is 39.2 Å². The molecule has 2 N–H and O–H groups in total. The molecule has 2 rings (SSSR count). The van der Waals surface area contributed by atoms with E-state index in [9.17, 15) is 9.90 Å².